The Balaban J connectivity index is 1.58. The van der Waals surface area contributed by atoms with Crippen LogP contribution >= 0.6 is 11.8 Å². The Hall–Kier alpha value is -3.46. The number of rotatable bonds is 7. The Bertz CT molecular complexity index is 1120. The van der Waals surface area contributed by atoms with E-state index in [2.05, 4.69) is 10.6 Å². The van der Waals surface area contributed by atoms with Gasteiger partial charge >= 0.3 is 6.18 Å². The van der Waals surface area contributed by atoms with Crippen molar-refractivity contribution in [1.82, 2.24) is 0 Å². The zero-order valence-electron chi connectivity index (χ0n) is 16.9. The second-order valence-electron chi connectivity index (χ2n) is 6.63. The van der Waals surface area contributed by atoms with Crippen LogP contribution in [0.2, 0.25) is 0 Å². The molecule has 3 aromatic rings. The van der Waals surface area contributed by atoms with Gasteiger partial charge in [0.05, 0.1) is 18.4 Å². The van der Waals surface area contributed by atoms with E-state index in [4.69, 9.17) is 4.74 Å². The molecule has 0 atom stereocenters. The Labute approximate surface area is 187 Å². The summed E-state index contributed by atoms with van der Waals surface area (Å²) in [6.45, 7) is 0. The standard InChI is InChI=1S/C23H19F3N2O3S/c1-31-19-9-2-5-15(11-19)22(30)28-18-8-4-10-20(13-18)32-14-21(29)27-17-7-3-6-16(12-17)23(24,25)26/h2-13H,14H2,1H3,(H,27,29)(H,28,30). The molecule has 0 aliphatic carbocycles. The van der Waals surface area contributed by atoms with Gasteiger partial charge in [-0.3, -0.25) is 9.59 Å². The molecule has 9 heteroatoms. The number of hydrogen-bond donors (Lipinski definition) is 2. The summed E-state index contributed by atoms with van der Waals surface area (Å²) in [6, 6.07) is 18.1. The summed E-state index contributed by atoms with van der Waals surface area (Å²) in [5.74, 6) is -0.203. The first kappa shape index (κ1) is 23.2. The van der Waals surface area contributed by atoms with E-state index >= 15 is 0 Å². The number of nitrogens with one attached hydrogen (secondary N) is 2. The fourth-order valence-electron chi connectivity index (χ4n) is 2.75. The molecule has 3 aromatic carbocycles. The molecule has 2 N–H and O–H groups in total. The Morgan fingerprint density at radius 2 is 1.59 bits per heavy atom. The van der Waals surface area contributed by atoms with Crippen molar-refractivity contribution in [3.05, 3.63) is 83.9 Å². The van der Waals surface area contributed by atoms with Gasteiger partial charge in [-0.1, -0.05) is 18.2 Å². The number of hydrogen-bond acceptors (Lipinski definition) is 4. The highest BCUT2D eigenvalue weighted by atomic mass is 32.2. The average molecular weight is 460 g/mol. The molecule has 0 bridgehead atoms. The molecule has 0 unspecified atom stereocenters. The second-order valence-corrected chi connectivity index (χ2v) is 7.68. The van der Waals surface area contributed by atoms with Gasteiger partial charge in [0, 0.05) is 21.8 Å². The number of methoxy groups -OCH3 is 1. The Morgan fingerprint density at radius 1 is 0.906 bits per heavy atom. The van der Waals surface area contributed by atoms with Crippen LogP contribution in [0.15, 0.2) is 77.7 Å². The van der Waals surface area contributed by atoms with Crippen molar-refractivity contribution in [2.75, 3.05) is 23.5 Å². The molecule has 0 saturated carbocycles. The topological polar surface area (TPSA) is 67.4 Å². The molecule has 3 rings (SSSR count). The number of alkyl halides is 3. The molecule has 0 aliphatic heterocycles. The number of benzene rings is 3. The normalized spacial score (nSPS) is 11.0. The van der Waals surface area contributed by atoms with E-state index in [1.54, 1.807) is 48.5 Å². The van der Waals surface area contributed by atoms with Gasteiger partial charge in [-0.25, -0.2) is 0 Å². The van der Waals surface area contributed by atoms with Crippen LogP contribution in [0.25, 0.3) is 0 Å². The lowest BCUT2D eigenvalue weighted by Gasteiger charge is -2.10. The first-order chi connectivity index (χ1) is 15.2. The fraction of sp³-hybridized carbons (Fsp3) is 0.130. The van der Waals surface area contributed by atoms with Crippen LogP contribution in [0.1, 0.15) is 15.9 Å². The number of halogens is 3. The summed E-state index contributed by atoms with van der Waals surface area (Å²) in [5, 5.41) is 5.25. The third kappa shape index (κ3) is 6.52. The van der Waals surface area contributed by atoms with Crippen LogP contribution in [-0.2, 0) is 11.0 Å². The molecule has 0 saturated heterocycles. The first-order valence-corrected chi connectivity index (χ1v) is 10.4. The predicted octanol–water partition coefficient (Wildman–Crippen LogP) is 5.70. The summed E-state index contributed by atoms with van der Waals surface area (Å²) in [4.78, 5) is 25.3. The van der Waals surface area contributed by atoms with Crippen molar-refractivity contribution in [2.24, 2.45) is 0 Å². The minimum absolute atomic E-state index is 0.0104. The second kappa shape index (κ2) is 10.2. The molecule has 0 fully saturated rings. The highest BCUT2D eigenvalue weighted by Gasteiger charge is 2.30. The van der Waals surface area contributed by atoms with Crippen molar-refractivity contribution < 1.29 is 27.5 Å². The van der Waals surface area contributed by atoms with E-state index < -0.39 is 17.6 Å². The molecule has 0 aliphatic rings. The van der Waals surface area contributed by atoms with Crippen molar-refractivity contribution >= 4 is 35.0 Å². The Morgan fingerprint density at radius 3 is 2.31 bits per heavy atom. The third-order valence-corrected chi connectivity index (χ3v) is 5.26. The van der Waals surface area contributed by atoms with Crippen LogP contribution in [0.5, 0.6) is 5.75 Å². The lowest BCUT2D eigenvalue weighted by molar-refractivity contribution is -0.137. The highest BCUT2D eigenvalue weighted by Crippen LogP contribution is 2.31. The van der Waals surface area contributed by atoms with E-state index in [-0.39, 0.29) is 17.3 Å². The zero-order chi connectivity index (χ0) is 23.1. The molecular formula is C23H19F3N2O3S. The largest absolute Gasteiger partial charge is 0.497 e. The van der Waals surface area contributed by atoms with Crippen LogP contribution < -0.4 is 15.4 Å². The molecule has 5 nitrogen and oxygen atoms in total. The average Bonchev–Trinajstić information content (AvgIpc) is 2.77. The van der Waals surface area contributed by atoms with E-state index in [0.717, 1.165) is 12.1 Å². The maximum absolute atomic E-state index is 12.8. The van der Waals surface area contributed by atoms with Gasteiger partial charge in [0.15, 0.2) is 0 Å². The maximum atomic E-state index is 12.8. The van der Waals surface area contributed by atoms with Crippen LogP contribution in [0.3, 0.4) is 0 Å². The van der Waals surface area contributed by atoms with Gasteiger partial charge in [-0.15, -0.1) is 11.8 Å². The van der Waals surface area contributed by atoms with Crippen molar-refractivity contribution in [3.8, 4) is 5.75 Å². The van der Waals surface area contributed by atoms with E-state index in [9.17, 15) is 22.8 Å². The van der Waals surface area contributed by atoms with Crippen LogP contribution in [-0.4, -0.2) is 24.7 Å². The van der Waals surface area contributed by atoms with Crippen molar-refractivity contribution in [2.45, 2.75) is 11.1 Å². The van der Waals surface area contributed by atoms with Gasteiger partial charge in [-0.2, -0.15) is 13.2 Å². The van der Waals surface area contributed by atoms with E-state index in [1.165, 1.54) is 31.0 Å². The third-order valence-electron chi connectivity index (χ3n) is 4.27. The summed E-state index contributed by atoms with van der Waals surface area (Å²) in [5.41, 5.74) is 0.219. The molecule has 32 heavy (non-hydrogen) atoms. The predicted molar refractivity (Wildman–Crippen MR) is 118 cm³/mol. The van der Waals surface area contributed by atoms with E-state index in [1.807, 2.05) is 0 Å². The smallest absolute Gasteiger partial charge is 0.416 e. The lowest BCUT2D eigenvalue weighted by Crippen LogP contribution is -2.15. The van der Waals surface area contributed by atoms with Gasteiger partial charge in [0.1, 0.15) is 5.75 Å². The number of carbonyl (C=O) groups excluding carboxylic acids is 2. The number of thioether (sulfide) groups is 1. The summed E-state index contributed by atoms with van der Waals surface area (Å²) < 4.78 is 43.5. The monoisotopic (exact) mass is 460 g/mol. The molecule has 2 amide bonds. The van der Waals surface area contributed by atoms with Crippen LogP contribution in [0, 0.1) is 0 Å². The summed E-state index contributed by atoms with van der Waals surface area (Å²) in [7, 11) is 1.51. The molecular weight excluding hydrogens is 441 g/mol. The molecule has 0 aromatic heterocycles. The minimum atomic E-state index is -4.48. The number of ether oxygens (including phenoxy) is 1. The van der Waals surface area contributed by atoms with Crippen molar-refractivity contribution in [1.29, 1.82) is 0 Å². The lowest BCUT2D eigenvalue weighted by atomic mass is 10.2. The number of anilines is 2. The summed E-state index contributed by atoms with van der Waals surface area (Å²) >= 11 is 1.20. The highest BCUT2D eigenvalue weighted by molar-refractivity contribution is 8.00. The SMILES string of the molecule is COc1cccc(C(=O)Nc2cccc(SCC(=O)Nc3cccc(C(F)(F)F)c3)c2)c1. The molecule has 0 heterocycles. The van der Waals surface area contributed by atoms with Crippen molar-refractivity contribution in [3.63, 3.8) is 0 Å². The van der Waals surface area contributed by atoms with Gasteiger partial charge in [0.25, 0.3) is 5.91 Å². The van der Waals surface area contributed by atoms with Crippen LogP contribution in [0.4, 0.5) is 24.5 Å². The van der Waals surface area contributed by atoms with Gasteiger partial charge < -0.3 is 15.4 Å². The molecule has 0 spiro atoms. The number of amides is 2. The van der Waals surface area contributed by atoms with Gasteiger partial charge in [-0.05, 0) is 54.6 Å². The van der Waals surface area contributed by atoms with Gasteiger partial charge in [0.2, 0.25) is 5.91 Å². The number of carbonyl (C=O) groups is 2. The quantitative estimate of drug-likeness (QED) is 0.444. The molecule has 166 valence electrons. The minimum Gasteiger partial charge on any atom is -0.497 e. The first-order valence-electron chi connectivity index (χ1n) is 9.40. The molecule has 0 radical (unpaired) electrons. The fourth-order valence-corrected chi connectivity index (χ4v) is 3.51. The maximum Gasteiger partial charge on any atom is 0.416 e. The summed E-state index contributed by atoms with van der Waals surface area (Å²) in [6.07, 6.45) is -4.48. The van der Waals surface area contributed by atoms with E-state index in [0.29, 0.717) is 21.9 Å². The Kier molecular flexibility index (Phi) is 7.42. The zero-order valence-corrected chi connectivity index (χ0v) is 17.7.